The Bertz CT molecular complexity index is 1100. The molecule has 1 aliphatic heterocycles. The van der Waals surface area contributed by atoms with Crippen molar-refractivity contribution >= 4 is 57.6 Å². The molecule has 1 heterocycles. The zero-order valence-corrected chi connectivity index (χ0v) is 17.6. The average molecular weight is 438 g/mol. The largest absolute Gasteiger partial charge is 0.489 e. The van der Waals surface area contributed by atoms with Crippen molar-refractivity contribution < 1.29 is 9.53 Å². The van der Waals surface area contributed by atoms with Crippen LogP contribution in [0.25, 0.3) is 6.08 Å². The molecule has 1 amide bonds. The van der Waals surface area contributed by atoms with Crippen LogP contribution < -0.4 is 9.64 Å². The van der Waals surface area contributed by atoms with Crippen LogP contribution in [0, 0.1) is 0 Å². The van der Waals surface area contributed by atoms with Gasteiger partial charge in [-0.3, -0.25) is 9.69 Å². The first-order chi connectivity index (χ1) is 14.1. The minimum atomic E-state index is -0.155. The molecule has 0 aromatic heterocycles. The Morgan fingerprint density at radius 1 is 1.00 bits per heavy atom. The van der Waals surface area contributed by atoms with Gasteiger partial charge in [-0.25, -0.2) is 0 Å². The summed E-state index contributed by atoms with van der Waals surface area (Å²) in [6, 6.07) is 24.7. The fraction of sp³-hybridized carbons (Fsp3) is 0.0435. The number of benzene rings is 3. The normalized spacial score (nSPS) is 15.2. The molecule has 4 rings (SSSR count). The molecule has 0 aliphatic carbocycles. The first kappa shape index (κ1) is 19.7. The molecule has 3 nitrogen and oxygen atoms in total. The van der Waals surface area contributed by atoms with Crippen molar-refractivity contribution in [2.45, 2.75) is 6.61 Å². The van der Waals surface area contributed by atoms with E-state index < -0.39 is 0 Å². The summed E-state index contributed by atoms with van der Waals surface area (Å²) < 4.78 is 6.36. The topological polar surface area (TPSA) is 29.5 Å². The van der Waals surface area contributed by atoms with Gasteiger partial charge in [-0.15, -0.1) is 0 Å². The molecule has 144 valence electrons. The van der Waals surface area contributed by atoms with Crippen LogP contribution in [-0.2, 0) is 11.4 Å². The van der Waals surface area contributed by atoms with E-state index in [-0.39, 0.29) is 5.91 Å². The lowest BCUT2D eigenvalue weighted by Gasteiger charge is -2.14. The van der Waals surface area contributed by atoms with Crippen LogP contribution in [-0.4, -0.2) is 10.2 Å². The minimum absolute atomic E-state index is 0.155. The number of hydrogen-bond acceptors (Lipinski definition) is 4. The van der Waals surface area contributed by atoms with E-state index in [9.17, 15) is 4.79 Å². The van der Waals surface area contributed by atoms with Gasteiger partial charge in [0.25, 0.3) is 5.91 Å². The third-order valence-corrected chi connectivity index (χ3v) is 5.80. The van der Waals surface area contributed by atoms with E-state index in [1.165, 1.54) is 16.7 Å². The summed E-state index contributed by atoms with van der Waals surface area (Å²) in [4.78, 5) is 15.0. The zero-order chi connectivity index (χ0) is 20.2. The molecule has 1 fully saturated rings. The van der Waals surface area contributed by atoms with Crippen molar-refractivity contribution in [3.8, 4) is 5.75 Å². The van der Waals surface area contributed by atoms with Crippen molar-refractivity contribution in [3.63, 3.8) is 0 Å². The molecule has 0 saturated carbocycles. The Morgan fingerprint density at radius 3 is 2.59 bits per heavy atom. The summed E-state index contributed by atoms with van der Waals surface area (Å²) in [6.45, 7) is 0.487. The van der Waals surface area contributed by atoms with Crippen LogP contribution in [0.2, 0.25) is 5.02 Å². The Balaban J connectivity index is 1.52. The van der Waals surface area contributed by atoms with Gasteiger partial charge in [0, 0.05) is 5.02 Å². The van der Waals surface area contributed by atoms with Crippen LogP contribution in [0.4, 0.5) is 5.69 Å². The minimum Gasteiger partial charge on any atom is -0.489 e. The van der Waals surface area contributed by atoms with Gasteiger partial charge in [0.2, 0.25) is 0 Å². The number of halogens is 1. The van der Waals surface area contributed by atoms with E-state index in [2.05, 4.69) is 0 Å². The number of anilines is 1. The van der Waals surface area contributed by atoms with E-state index in [0.29, 0.717) is 26.5 Å². The van der Waals surface area contributed by atoms with Gasteiger partial charge in [-0.1, -0.05) is 84.1 Å². The highest BCUT2D eigenvalue weighted by atomic mass is 35.5. The van der Waals surface area contributed by atoms with Gasteiger partial charge in [-0.2, -0.15) is 0 Å². The first-order valence-corrected chi connectivity index (χ1v) is 10.5. The fourth-order valence-corrected chi connectivity index (χ4v) is 4.38. The summed E-state index contributed by atoms with van der Waals surface area (Å²) in [7, 11) is 0. The molecule has 3 aromatic rings. The quantitative estimate of drug-likeness (QED) is 0.345. The molecule has 6 heteroatoms. The van der Waals surface area contributed by atoms with Gasteiger partial charge in [0.15, 0.2) is 4.32 Å². The zero-order valence-electron chi connectivity index (χ0n) is 15.2. The first-order valence-electron chi connectivity index (χ1n) is 8.90. The maximum absolute atomic E-state index is 12.9. The predicted molar refractivity (Wildman–Crippen MR) is 124 cm³/mol. The number of amides is 1. The Labute approximate surface area is 183 Å². The molecule has 0 bridgehead atoms. The van der Waals surface area contributed by atoms with Crippen molar-refractivity contribution in [2.75, 3.05) is 4.90 Å². The number of ether oxygens (including phenoxy) is 1. The van der Waals surface area contributed by atoms with Crippen LogP contribution >= 0.6 is 35.6 Å². The van der Waals surface area contributed by atoms with Crippen molar-refractivity contribution in [1.29, 1.82) is 0 Å². The van der Waals surface area contributed by atoms with Gasteiger partial charge >= 0.3 is 0 Å². The van der Waals surface area contributed by atoms with E-state index in [0.717, 1.165) is 16.9 Å². The summed E-state index contributed by atoms with van der Waals surface area (Å²) >= 11 is 12.8. The number of thiocarbonyl (C=S) groups is 1. The van der Waals surface area contributed by atoms with E-state index in [4.69, 9.17) is 28.6 Å². The molecular formula is C23H16ClNO2S2. The summed E-state index contributed by atoms with van der Waals surface area (Å²) in [5.74, 6) is 0.589. The third-order valence-electron chi connectivity index (χ3n) is 4.26. The second-order valence-corrected chi connectivity index (χ2v) is 8.46. The lowest BCUT2D eigenvalue weighted by molar-refractivity contribution is -0.113. The molecule has 1 aliphatic rings. The summed E-state index contributed by atoms with van der Waals surface area (Å²) in [5.41, 5.74) is 2.64. The second kappa shape index (κ2) is 8.82. The molecule has 29 heavy (non-hydrogen) atoms. The second-order valence-electron chi connectivity index (χ2n) is 6.34. The average Bonchev–Trinajstić information content (AvgIpc) is 3.00. The van der Waals surface area contributed by atoms with E-state index in [1.807, 2.05) is 66.7 Å². The Kier molecular flexibility index (Phi) is 6.00. The lowest BCUT2D eigenvalue weighted by Crippen LogP contribution is -2.27. The highest BCUT2D eigenvalue weighted by Gasteiger charge is 2.33. The van der Waals surface area contributed by atoms with E-state index in [1.54, 1.807) is 18.2 Å². The Morgan fingerprint density at radius 2 is 1.79 bits per heavy atom. The van der Waals surface area contributed by atoms with Gasteiger partial charge < -0.3 is 4.74 Å². The fourth-order valence-electron chi connectivity index (χ4n) is 2.89. The van der Waals surface area contributed by atoms with Crippen LogP contribution in [0.15, 0.2) is 83.8 Å². The standard InChI is InChI=1S/C23H16ClNO2S2/c24-18-9-5-10-19(14-18)25-22(26)21(29-23(25)28)13-17-8-4-11-20(12-17)27-15-16-6-2-1-3-7-16/h1-14H,15H2. The molecule has 3 aromatic carbocycles. The van der Waals surface area contributed by atoms with Crippen molar-refractivity contribution in [1.82, 2.24) is 0 Å². The molecule has 1 saturated heterocycles. The van der Waals surface area contributed by atoms with Crippen molar-refractivity contribution in [2.24, 2.45) is 0 Å². The maximum atomic E-state index is 12.9. The highest BCUT2D eigenvalue weighted by Crippen LogP contribution is 2.36. The number of carbonyl (C=O) groups is 1. The van der Waals surface area contributed by atoms with Gasteiger partial charge in [0.05, 0.1) is 10.6 Å². The monoisotopic (exact) mass is 437 g/mol. The SMILES string of the molecule is O=C1C(=Cc2cccc(OCc3ccccc3)c2)SC(=S)N1c1cccc(Cl)c1. The van der Waals surface area contributed by atoms with Crippen LogP contribution in [0.1, 0.15) is 11.1 Å². The summed E-state index contributed by atoms with van der Waals surface area (Å²) in [5, 5.41) is 0.559. The predicted octanol–water partition coefficient (Wildman–Crippen LogP) is 6.32. The number of rotatable bonds is 5. The highest BCUT2D eigenvalue weighted by molar-refractivity contribution is 8.27. The lowest BCUT2D eigenvalue weighted by atomic mass is 10.2. The van der Waals surface area contributed by atoms with Crippen LogP contribution in [0.5, 0.6) is 5.75 Å². The number of hydrogen-bond donors (Lipinski definition) is 0. The summed E-state index contributed by atoms with van der Waals surface area (Å²) in [6.07, 6.45) is 1.83. The molecule has 0 atom stereocenters. The molecule has 0 spiro atoms. The Hall–Kier alpha value is -2.60. The molecule has 0 unspecified atom stereocenters. The molecule has 0 N–H and O–H groups in total. The number of thioether (sulfide) groups is 1. The third kappa shape index (κ3) is 4.70. The maximum Gasteiger partial charge on any atom is 0.270 e. The van der Waals surface area contributed by atoms with E-state index >= 15 is 0 Å². The van der Waals surface area contributed by atoms with Crippen molar-refractivity contribution in [3.05, 3.63) is 99.9 Å². The number of nitrogens with zero attached hydrogens (tertiary/aromatic N) is 1. The number of carbonyl (C=O) groups excluding carboxylic acids is 1. The van der Waals surface area contributed by atoms with Gasteiger partial charge in [0.1, 0.15) is 12.4 Å². The smallest absolute Gasteiger partial charge is 0.270 e. The molecular weight excluding hydrogens is 422 g/mol. The van der Waals surface area contributed by atoms with Crippen LogP contribution in [0.3, 0.4) is 0 Å². The molecule has 0 radical (unpaired) electrons. The van der Waals surface area contributed by atoms with Gasteiger partial charge in [-0.05, 0) is 47.5 Å².